The molecule has 0 saturated heterocycles. The van der Waals surface area contributed by atoms with Crippen LogP contribution in [0.5, 0.6) is 0 Å². The van der Waals surface area contributed by atoms with Crippen molar-refractivity contribution in [2.75, 3.05) is 0 Å². The maximum Gasteiger partial charge on any atom is 0.288 e. The van der Waals surface area contributed by atoms with E-state index in [2.05, 4.69) is 4.98 Å². The first-order chi connectivity index (χ1) is 8.20. The van der Waals surface area contributed by atoms with Gasteiger partial charge in [0.15, 0.2) is 5.15 Å². The van der Waals surface area contributed by atoms with Crippen molar-refractivity contribution in [1.29, 1.82) is 5.26 Å². The molecule has 0 aliphatic heterocycles. The average molecular weight is 246 g/mol. The van der Waals surface area contributed by atoms with Gasteiger partial charge in [0.05, 0.1) is 18.2 Å². The summed E-state index contributed by atoms with van der Waals surface area (Å²) in [5.74, 6) is 0. The Morgan fingerprint density at radius 3 is 2.71 bits per heavy atom. The van der Waals surface area contributed by atoms with Gasteiger partial charge in [0, 0.05) is 12.4 Å². The van der Waals surface area contributed by atoms with Crippen LogP contribution in [0, 0.1) is 11.3 Å². The highest BCUT2D eigenvalue weighted by Gasteiger charge is 2.02. The van der Waals surface area contributed by atoms with Gasteiger partial charge in [-0.3, -0.25) is 4.79 Å². The molecule has 5 heteroatoms. The molecule has 0 atom stereocenters. The Labute approximate surface area is 103 Å². The Bertz CT molecular complexity index is 625. The molecular weight excluding hydrogens is 238 g/mol. The van der Waals surface area contributed by atoms with Gasteiger partial charge in [-0.1, -0.05) is 23.7 Å². The van der Waals surface area contributed by atoms with Gasteiger partial charge in [0.2, 0.25) is 0 Å². The van der Waals surface area contributed by atoms with Crippen molar-refractivity contribution in [2.45, 2.75) is 6.54 Å². The van der Waals surface area contributed by atoms with Gasteiger partial charge in [0.25, 0.3) is 5.56 Å². The van der Waals surface area contributed by atoms with Crippen molar-refractivity contribution in [3.63, 3.8) is 0 Å². The summed E-state index contributed by atoms with van der Waals surface area (Å²) in [7, 11) is 0. The lowest BCUT2D eigenvalue weighted by atomic mass is 10.1. The quantitative estimate of drug-likeness (QED) is 0.811. The number of halogens is 1. The second-order valence-electron chi connectivity index (χ2n) is 3.46. The highest BCUT2D eigenvalue weighted by atomic mass is 35.5. The summed E-state index contributed by atoms with van der Waals surface area (Å²) in [4.78, 5) is 15.3. The summed E-state index contributed by atoms with van der Waals surface area (Å²) in [6.07, 6.45) is 3.06. The number of rotatable bonds is 2. The number of hydrogen-bond donors (Lipinski definition) is 0. The monoisotopic (exact) mass is 245 g/mol. The Kier molecular flexibility index (Phi) is 3.22. The standard InChI is InChI=1S/C12H8ClN3O/c13-11-12(17)16(6-5-15-11)8-10-3-1-9(7-14)2-4-10/h1-6H,8H2. The molecule has 84 valence electrons. The van der Waals surface area contributed by atoms with Gasteiger partial charge in [0.1, 0.15) is 0 Å². The molecule has 1 aromatic carbocycles. The molecule has 0 aliphatic carbocycles. The largest absolute Gasteiger partial charge is 0.307 e. The fourth-order valence-corrected chi connectivity index (χ4v) is 1.59. The summed E-state index contributed by atoms with van der Waals surface area (Å²) >= 11 is 5.64. The second kappa shape index (κ2) is 4.81. The van der Waals surface area contributed by atoms with Gasteiger partial charge >= 0.3 is 0 Å². The first-order valence-corrected chi connectivity index (χ1v) is 5.28. The first-order valence-electron chi connectivity index (χ1n) is 4.90. The molecule has 1 aromatic heterocycles. The van der Waals surface area contributed by atoms with E-state index in [9.17, 15) is 4.79 Å². The molecule has 0 spiro atoms. The molecular formula is C12H8ClN3O. The first kappa shape index (κ1) is 11.4. The zero-order chi connectivity index (χ0) is 12.3. The van der Waals surface area contributed by atoms with E-state index in [4.69, 9.17) is 16.9 Å². The van der Waals surface area contributed by atoms with Gasteiger partial charge in [-0.05, 0) is 17.7 Å². The Morgan fingerprint density at radius 2 is 2.06 bits per heavy atom. The zero-order valence-electron chi connectivity index (χ0n) is 8.80. The molecule has 0 radical (unpaired) electrons. The molecule has 0 fully saturated rings. The van der Waals surface area contributed by atoms with Crippen molar-refractivity contribution in [3.05, 3.63) is 63.3 Å². The lowest BCUT2D eigenvalue weighted by Gasteiger charge is -2.05. The van der Waals surface area contributed by atoms with Gasteiger partial charge in [-0.25, -0.2) is 4.98 Å². The highest BCUT2D eigenvalue weighted by molar-refractivity contribution is 6.29. The summed E-state index contributed by atoms with van der Waals surface area (Å²) in [5, 5.41) is 8.63. The number of aromatic nitrogens is 2. The number of benzene rings is 1. The molecule has 1 heterocycles. The van der Waals surface area contributed by atoms with Crippen LogP contribution in [0.1, 0.15) is 11.1 Å². The molecule has 17 heavy (non-hydrogen) atoms. The van der Waals surface area contributed by atoms with Crippen molar-refractivity contribution in [3.8, 4) is 6.07 Å². The summed E-state index contributed by atoms with van der Waals surface area (Å²) in [6.45, 7) is 0.410. The van der Waals surface area contributed by atoms with Crippen LogP contribution in [-0.4, -0.2) is 9.55 Å². The molecule has 0 aliphatic rings. The van der Waals surface area contributed by atoms with Crippen LogP contribution in [0.4, 0.5) is 0 Å². The molecule has 0 N–H and O–H groups in total. The Morgan fingerprint density at radius 1 is 1.35 bits per heavy atom. The predicted molar refractivity (Wildman–Crippen MR) is 63.8 cm³/mol. The van der Waals surface area contributed by atoms with E-state index >= 15 is 0 Å². The van der Waals surface area contributed by atoms with Crippen molar-refractivity contribution >= 4 is 11.6 Å². The number of hydrogen-bond acceptors (Lipinski definition) is 3. The molecule has 2 rings (SSSR count). The van der Waals surface area contributed by atoms with E-state index < -0.39 is 0 Å². The van der Waals surface area contributed by atoms with Gasteiger partial charge < -0.3 is 4.57 Å². The van der Waals surface area contributed by atoms with Crippen LogP contribution in [0.15, 0.2) is 41.5 Å². The minimum absolute atomic E-state index is 0.0406. The van der Waals surface area contributed by atoms with E-state index in [1.165, 1.54) is 10.8 Å². The minimum Gasteiger partial charge on any atom is -0.307 e. The van der Waals surface area contributed by atoms with Crippen LogP contribution in [0.25, 0.3) is 0 Å². The Hall–Kier alpha value is -2.12. The third kappa shape index (κ3) is 2.52. The lowest BCUT2D eigenvalue weighted by molar-refractivity contribution is 0.748. The van der Waals surface area contributed by atoms with Crippen LogP contribution >= 0.6 is 11.6 Å². The highest BCUT2D eigenvalue weighted by Crippen LogP contribution is 2.05. The summed E-state index contributed by atoms with van der Waals surface area (Å²) in [6, 6.07) is 9.07. The van der Waals surface area contributed by atoms with Gasteiger partial charge in [-0.2, -0.15) is 5.26 Å². The molecule has 0 bridgehead atoms. The number of nitriles is 1. The number of nitrogens with zero attached hydrogens (tertiary/aromatic N) is 3. The topological polar surface area (TPSA) is 58.7 Å². The molecule has 0 saturated carbocycles. The third-order valence-corrected chi connectivity index (χ3v) is 2.57. The lowest BCUT2D eigenvalue weighted by Crippen LogP contribution is -2.21. The SMILES string of the molecule is N#Cc1ccc(Cn2ccnc(Cl)c2=O)cc1. The van der Waals surface area contributed by atoms with E-state index in [1.807, 2.05) is 6.07 Å². The fourth-order valence-electron chi connectivity index (χ4n) is 1.43. The van der Waals surface area contributed by atoms with E-state index in [0.717, 1.165) is 5.56 Å². The van der Waals surface area contributed by atoms with Crippen LogP contribution < -0.4 is 5.56 Å². The van der Waals surface area contributed by atoms with E-state index in [0.29, 0.717) is 12.1 Å². The second-order valence-corrected chi connectivity index (χ2v) is 3.82. The maximum absolute atomic E-state index is 11.6. The fraction of sp³-hybridized carbons (Fsp3) is 0.0833. The molecule has 4 nitrogen and oxygen atoms in total. The zero-order valence-corrected chi connectivity index (χ0v) is 9.55. The third-order valence-electron chi connectivity index (χ3n) is 2.31. The van der Waals surface area contributed by atoms with Crippen molar-refractivity contribution in [2.24, 2.45) is 0 Å². The average Bonchev–Trinajstić information content (AvgIpc) is 2.36. The smallest absolute Gasteiger partial charge is 0.288 e. The van der Waals surface area contributed by atoms with E-state index in [-0.39, 0.29) is 10.7 Å². The molecule has 0 amide bonds. The van der Waals surface area contributed by atoms with Crippen LogP contribution in [0.3, 0.4) is 0 Å². The summed E-state index contributed by atoms with van der Waals surface area (Å²) < 4.78 is 1.47. The maximum atomic E-state index is 11.6. The normalized spacial score (nSPS) is 9.88. The Balaban J connectivity index is 2.29. The molecule has 2 aromatic rings. The van der Waals surface area contributed by atoms with E-state index in [1.54, 1.807) is 30.5 Å². The van der Waals surface area contributed by atoms with Crippen LogP contribution in [0.2, 0.25) is 5.15 Å². The van der Waals surface area contributed by atoms with Crippen molar-refractivity contribution in [1.82, 2.24) is 9.55 Å². The minimum atomic E-state index is -0.321. The molecule has 0 unspecified atom stereocenters. The van der Waals surface area contributed by atoms with Crippen molar-refractivity contribution < 1.29 is 0 Å². The predicted octanol–water partition coefficient (Wildman–Crippen LogP) is 1.82. The van der Waals surface area contributed by atoms with Crippen LogP contribution in [-0.2, 0) is 6.54 Å². The van der Waals surface area contributed by atoms with Gasteiger partial charge in [-0.15, -0.1) is 0 Å². The summed E-state index contributed by atoms with van der Waals surface area (Å²) in [5.41, 5.74) is 1.20.